The molecule has 0 bridgehead atoms. The molecule has 0 unspecified atom stereocenters. The molecule has 2 aromatic rings. The first-order valence-corrected chi connectivity index (χ1v) is 6.21. The van der Waals surface area contributed by atoms with E-state index in [0.29, 0.717) is 5.56 Å². The van der Waals surface area contributed by atoms with Crippen LogP contribution in [-0.2, 0) is 5.75 Å². The van der Waals surface area contributed by atoms with Crippen molar-refractivity contribution in [3.8, 4) is 0 Å². The molecule has 1 aromatic heterocycles. The molecule has 2 rings (SSSR count). The Morgan fingerprint density at radius 2 is 2.18 bits per heavy atom. The summed E-state index contributed by atoms with van der Waals surface area (Å²) in [7, 11) is 1.63. The van der Waals surface area contributed by atoms with Gasteiger partial charge >= 0.3 is 0 Å². The van der Waals surface area contributed by atoms with Crippen LogP contribution in [-0.4, -0.2) is 22.9 Å². The molecule has 17 heavy (non-hydrogen) atoms. The van der Waals surface area contributed by atoms with Crippen molar-refractivity contribution >= 4 is 17.7 Å². The zero-order chi connectivity index (χ0) is 12.1. The molecule has 1 heterocycles. The van der Waals surface area contributed by atoms with Crippen LogP contribution in [0.4, 0.5) is 0 Å². The number of carbonyl (C=O) groups is 1. The van der Waals surface area contributed by atoms with Gasteiger partial charge in [-0.25, -0.2) is 4.98 Å². The summed E-state index contributed by atoms with van der Waals surface area (Å²) in [6, 6.07) is 7.58. The van der Waals surface area contributed by atoms with E-state index in [9.17, 15) is 4.79 Å². The molecule has 0 atom stereocenters. The number of nitrogens with one attached hydrogen (secondary N) is 2. The highest BCUT2D eigenvalue weighted by Crippen LogP contribution is 2.18. The van der Waals surface area contributed by atoms with Crippen LogP contribution in [0.25, 0.3) is 0 Å². The summed E-state index contributed by atoms with van der Waals surface area (Å²) in [6.07, 6.45) is 3.54. The summed E-state index contributed by atoms with van der Waals surface area (Å²) < 4.78 is 0. The van der Waals surface area contributed by atoms with Gasteiger partial charge in [-0.2, -0.15) is 0 Å². The Hall–Kier alpha value is -1.75. The molecule has 0 aliphatic heterocycles. The van der Waals surface area contributed by atoms with E-state index in [1.54, 1.807) is 31.2 Å². The Labute approximate surface area is 104 Å². The van der Waals surface area contributed by atoms with Crippen LogP contribution in [0.2, 0.25) is 0 Å². The van der Waals surface area contributed by atoms with E-state index in [1.807, 2.05) is 24.3 Å². The average molecular weight is 247 g/mol. The fourth-order valence-corrected chi connectivity index (χ4v) is 2.16. The fourth-order valence-electron chi connectivity index (χ4n) is 1.38. The lowest BCUT2D eigenvalue weighted by molar-refractivity contribution is 0.0963. The second-order valence-electron chi connectivity index (χ2n) is 3.46. The molecule has 4 nitrogen and oxygen atoms in total. The first-order chi connectivity index (χ1) is 8.29. The van der Waals surface area contributed by atoms with Crippen LogP contribution >= 0.6 is 11.8 Å². The number of hydrogen-bond donors (Lipinski definition) is 2. The number of aromatic nitrogens is 2. The maximum atomic E-state index is 11.3. The topological polar surface area (TPSA) is 57.8 Å². The largest absolute Gasteiger partial charge is 0.355 e. The van der Waals surface area contributed by atoms with Crippen molar-refractivity contribution in [2.24, 2.45) is 0 Å². The highest BCUT2D eigenvalue weighted by atomic mass is 32.2. The van der Waals surface area contributed by atoms with Gasteiger partial charge in [-0.1, -0.05) is 23.9 Å². The molecule has 88 valence electrons. The van der Waals surface area contributed by atoms with E-state index >= 15 is 0 Å². The minimum absolute atomic E-state index is 0.0600. The van der Waals surface area contributed by atoms with Gasteiger partial charge in [0.25, 0.3) is 5.91 Å². The lowest BCUT2D eigenvalue weighted by atomic mass is 10.1. The summed E-state index contributed by atoms with van der Waals surface area (Å²) in [6.45, 7) is 0. The number of aromatic amines is 1. The molecule has 0 aliphatic carbocycles. The number of nitrogens with zero attached hydrogens (tertiary/aromatic N) is 1. The average Bonchev–Trinajstić information content (AvgIpc) is 2.89. The molecule has 0 aliphatic rings. The van der Waals surface area contributed by atoms with Gasteiger partial charge in [0.2, 0.25) is 0 Å². The standard InChI is InChI=1S/C12H13N3OS/c1-13-11(16)10-4-2-9(3-5-10)8-17-12-14-6-7-15-12/h2-7H,8H2,1H3,(H,13,16)(H,14,15). The van der Waals surface area contributed by atoms with E-state index in [4.69, 9.17) is 0 Å². The third kappa shape index (κ3) is 3.10. The smallest absolute Gasteiger partial charge is 0.251 e. The van der Waals surface area contributed by atoms with Crippen LogP contribution in [0.1, 0.15) is 15.9 Å². The monoisotopic (exact) mass is 247 g/mol. The highest BCUT2D eigenvalue weighted by molar-refractivity contribution is 7.98. The Morgan fingerprint density at radius 1 is 1.41 bits per heavy atom. The Kier molecular flexibility index (Phi) is 3.82. The van der Waals surface area contributed by atoms with Crippen LogP contribution in [0, 0.1) is 0 Å². The second-order valence-corrected chi connectivity index (χ2v) is 4.42. The zero-order valence-corrected chi connectivity index (χ0v) is 10.3. The van der Waals surface area contributed by atoms with E-state index in [-0.39, 0.29) is 5.91 Å². The van der Waals surface area contributed by atoms with Crippen molar-refractivity contribution in [1.82, 2.24) is 15.3 Å². The summed E-state index contributed by atoms with van der Waals surface area (Å²) in [5.41, 5.74) is 1.85. The van der Waals surface area contributed by atoms with Gasteiger partial charge in [0, 0.05) is 30.8 Å². The molecular weight excluding hydrogens is 234 g/mol. The van der Waals surface area contributed by atoms with Crippen molar-refractivity contribution < 1.29 is 4.79 Å². The quantitative estimate of drug-likeness (QED) is 0.813. The summed E-state index contributed by atoms with van der Waals surface area (Å²) in [4.78, 5) is 18.5. The van der Waals surface area contributed by atoms with Gasteiger partial charge in [-0.3, -0.25) is 4.79 Å². The molecule has 5 heteroatoms. The van der Waals surface area contributed by atoms with Gasteiger partial charge in [-0.05, 0) is 17.7 Å². The maximum Gasteiger partial charge on any atom is 0.251 e. The minimum Gasteiger partial charge on any atom is -0.355 e. The number of carbonyl (C=O) groups excluding carboxylic acids is 1. The highest BCUT2D eigenvalue weighted by Gasteiger charge is 2.03. The Morgan fingerprint density at radius 3 is 2.76 bits per heavy atom. The number of thioether (sulfide) groups is 1. The Balaban J connectivity index is 1.96. The summed E-state index contributed by atoms with van der Waals surface area (Å²) >= 11 is 1.63. The number of rotatable bonds is 4. The number of benzene rings is 1. The lowest BCUT2D eigenvalue weighted by Gasteiger charge is -2.02. The molecule has 0 radical (unpaired) electrons. The molecule has 1 aromatic carbocycles. The molecule has 0 fully saturated rings. The first-order valence-electron chi connectivity index (χ1n) is 5.23. The van der Waals surface area contributed by atoms with Crippen LogP contribution < -0.4 is 5.32 Å². The van der Waals surface area contributed by atoms with Gasteiger partial charge in [0.1, 0.15) is 0 Å². The minimum atomic E-state index is -0.0600. The van der Waals surface area contributed by atoms with Crippen molar-refractivity contribution in [3.05, 3.63) is 47.8 Å². The van der Waals surface area contributed by atoms with Gasteiger partial charge in [-0.15, -0.1) is 0 Å². The molecule has 0 saturated carbocycles. The van der Waals surface area contributed by atoms with Crippen molar-refractivity contribution in [2.45, 2.75) is 10.9 Å². The van der Waals surface area contributed by atoms with Crippen LogP contribution in [0.5, 0.6) is 0 Å². The molecule has 0 spiro atoms. The SMILES string of the molecule is CNC(=O)c1ccc(CSc2ncc[nH]2)cc1. The number of H-pyrrole nitrogens is 1. The summed E-state index contributed by atoms with van der Waals surface area (Å²) in [5.74, 6) is 0.775. The van der Waals surface area contributed by atoms with Crippen molar-refractivity contribution in [3.63, 3.8) is 0 Å². The number of amides is 1. The van der Waals surface area contributed by atoms with Crippen LogP contribution in [0.15, 0.2) is 41.8 Å². The number of hydrogen-bond acceptors (Lipinski definition) is 3. The zero-order valence-electron chi connectivity index (χ0n) is 9.43. The molecule has 1 amide bonds. The van der Waals surface area contributed by atoms with E-state index < -0.39 is 0 Å². The van der Waals surface area contributed by atoms with E-state index in [2.05, 4.69) is 15.3 Å². The number of imidazole rings is 1. The van der Waals surface area contributed by atoms with Crippen molar-refractivity contribution in [2.75, 3.05) is 7.05 Å². The summed E-state index contributed by atoms with van der Waals surface area (Å²) in [5, 5.41) is 3.50. The third-order valence-electron chi connectivity index (χ3n) is 2.29. The van der Waals surface area contributed by atoms with Gasteiger partial charge in [0.15, 0.2) is 5.16 Å². The predicted octanol–water partition coefficient (Wildman–Crippen LogP) is 2.06. The normalized spacial score (nSPS) is 10.2. The first kappa shape index (κ1) is 11.7. The second kappa shape index (κ2) is 5.54. The van der Waals surface area contributed by atoms with Crippen molar-refractivity contribution in [1.29, 1.82) is 0 Å². The fraction of sp³-hybridized carbons (Fsp3) is 0.167. The molecular formula is C12H13N3OS. The third-order valence-corrected chi connectivity index (χ3v) is 3.27. The van der Waals surface area contributed by atoms with Gasteiger partial charge in [0.05, 0.1) is 0 Å². The van der Waals surface area contributed by atoms with E-state index in [1.165, 1.54) is 5.56 Å². The van der Waals surface area contributed by atoms with Gasteiger partial charge < -0.3 is 10.3 Å². The molecule has 0 saturated heterocycles. The molecule has 2 N–H and O–H groups in total. The Bertz CT molecular complexity index is 479. The lowest BCUT2D eigenvalue weighted by Crippen LogP contribution is -2.17. The van der Waals surface area contributed by atoms with E-state index in [0.717, 1.165) is 10.9 Å². The maximum absolute atomic E-state index is 11.3. The van der Waals surface area contributed by atoms with Crippen LogP contribution in [0.3, 0.4) is 0 Å². The predicted molar refractivity (Wildman–Crippen MR) is 68.0 cm³/mol.